The molecule has 0 aliphatic heterocycles. The number of aryl methyl sites for hydroxylation is 1. The van der Waals surface area contributed by atoms with Crippen molar-refractivity contribution in [2.24, 2.45) is 5.73 Å². The summed E-state index contributed by atoms with van der Waals surface area (Å²) in [4.78, 5) is 0. The van der Waals surface area contributed by atoms with Crippen molar-refractivity contribution in [2.45, 2.75) is 12.8 Å². The van der Waals surface area contributed by atoms with Crippen molar-refractivity contribution in [1.29, 1.82) is 0 Å². The van der Waals surface area contributed by atoms with Gasteiger partial charge in [0, 0.05) is 10.8 Å². The Morgan fingerprint density at radius 1 is 1.06 bits per heavy atom. The smallest absolute Gasteiger partial charge is 0.130 e. The van der Waals surface area contributed by atoms with Gasteiger partial charge in [0.05, 0.1) is 14.2 Å². The van der Waals surface area contributed by atoms with Crippen LogP contribution in [0.3, 0.4) is 0 Å². The third kappa shape index (κ3) is 2.27. The third-order valence-electron chi connectivity index (χ3n) is 3.11. The van der Waals surface area contributed by atoms with Crippen molar-refractivity contribution >= 4 is 10.8 Å². The predicted octanol–water partition coefficient (Wildman–Crippen LogP) is 2.75. The number of hydrogen-bond donors (Lipinski definition) is 1. The van der Waals surface area contributed by atoms with Crippen molar-refractivity contribution in [3.63, 3.8) is 0 Å². The van der Waals surface area contributed by atoms with E-state index in [2.05, 4.69) is 12.1 Å². The lowest BCUT2D eigenvalue weighted by molar-refractivity contribution is 0.406. The zero-order chi connectivity index (χ0) is 13.0. The average molecular weight is 245 g/mol. The largest absolute Gasteiger partial charge is 0.496 e. The molecule has 0 radical (unpaired) electrons. The van der Waals surface area contributed by atoms with Gasteiger partial charge in [0.25, 0.3) is 0 Å². The van der Waals surface area contributed by atoms with Crippen molar-refractivity contribution < 1.29 is 9.47 Å². The SMILES string of the molecule is COc1cc(CCCN)c(OC)c2ccccc12. The molecule has 0 saturated carbocycles. The van der Waals surface area contributed by atoms with Crippen LogP contribution in [0.2, 0.25) is 0 Å². The molecule has 0 aromatic heterocycles. The molecule has 0 atom stereocenters. The number of benzene rings is 2. The minimum atomic E-state index is 0.679. The summed E-state index contributed by atoms with van der Waals surface area (Å²) in [7, 11) is 3.40. The van der Waals surface area contributed by atoms with Gasteiger partial charge in [-0.15, -0.1) is 0 Å². The van der Waals surface area contributed by atoms with Crippen molar-refractivity contribution in [1.82, 2.24) is 0 Å². The molecule has 3 nitrogen and oxygen atoms in total. The minimum Gasteiger partial charge on any atom is -0.496 e. The molecule has 0 saturated heterocycles. The highest BCUT2D eigenvalue weighted by molar-refractivity contribution is 5.94. The lowest BCUT2D eigenvalue weighted by Gasteiger charge is -2.14. The molecule has 2 aromatic carbocycles. The molecule has 18 heavy (non-hydrogen) atoms. The number of nitrogens with two attached hydrogens (primary N) is 1. The van der Waals surface area contributed by atoms with Crippen LogP contribution in [0.25, 0.3) is 10.8 Å². The van der Waals surface area contributed by atoms with Crippen LogP contribution in [0.4, 0.5) is 0 Å². The maximum Gasteiger partial charge on any atom is 0.130 e. The van der Waals surface area contributed by atoms with Crippen LogP contribution in [0.15, 0.2) is 30.3 Å². The van der Waals surface area contributed by atoms with Gasteiger partial charge in [0.1, 0.15) is 11.5 Å². The number of methoxy groups -OCH3 is 2. The highest BCUT2D eigenvalue weighted by Crippen LogP contribution is 2.36. The summed E-state index contributed by atoms with van der Waals surface area (Å²) in [5, 5.41) is 2.17. The molecule has 0 heterocycles. The van der Waals surface area contributed by atoms with E-state index >= 15 is 0 Å². The Kier molecular flexibility index (Phi) is 4.05. The van der Waals surface area contributed by atoms with Crippen LogP contribution < -0.4 is 15.2 Å². The topological polar surface area (TPSA) is 44.5 Å². The van der Waals surface area contributed by atoms with Crippen molar-refractivity contribution in [2.75, 3.05) is 20.8 Å². The normalized spacial score (nSPS) is 10.6. The fourth-order valence-corrected chi connectivity index (χ4v) is 2.26. The first-order valence-corrected chi connectivity index (χ1v) is 6.14. The Balaban J connectivity index is 2.62. The van der Waals surface area contributed by atoms with Gasteiger partial charge < -0.3 is 15.2 Å². The van der Waals surface area contributed by atoms with Crippen LogP contribution in [0, 0.1) is 0 Å². The van der Waals surface area contributed by atoms with Crippen LogP contribution in [-0.2, 0) is 6.42 Å². The number of fused-ring (bicyclic) bond motifs is 1. The second kappa shape index (κ2) is 5.74. The quantitative estimate of drug-likeness (QED) is 0.881. The fourth-order valence-electron chi connectivity index (χ4n) is 2.26. The lowest BCUT2D eigenvalue weighted by Crippen LogP contribution is -2.02. The second-order valence-corrected chi connectivity index (χ2v) is 4.21. The summed E-state index contributed by atoms with van der Waals surface area (Å²) in [5.41, 5.74) is 6.73. The second-order valence-electron chi connectivity index (χ2n) is 4.21. The van der Waals surface area contributed by atoms with Crippen molar-refractivity contribution in [3.05, 3.63) is 35.9 Å². The van der Waals surface area contributed by atoms with Gasteiger partial charge >= 0.3 is 0 Å². The van der Waals surface area contributed by atoms with Gasteiger partial charge in [0.2, 0.25) is 0 Å². The van der Waals surface area contributed by atoms with Gasteiger partial charge in [-0.2, -0.15) is 0 Å². The summed E-state index contributed by atoms with van der Waals surface area (Å²) < 4.78 is 11.0. The van der Waals surface area contributed by atoms with E-state index < -0.39 is 0 Å². The van der Waals surface area contributed by atoms with Gasteiger partial charge in [0.15, 0.2) is 0 Å². The molecule has 2 rings (SSSR count). The number of hydrogen-bond acceptors (Lipinski definition) is 3. The van der Waals surface area contributed by atoms with E-state index in [0.29, 0.717) is 6.54 Å². The molecular weight excluding hydrogens is 226 g/mol. The van der Waals surface area contributed by atoms with E-state index in [0.717, 1.165) is 40.7 Å². The molecule has 2 N–H and O–H groups in total. The molecule has 0 aliphatic rings. The molecule has 3 heteroatoms. The molecule has 0 spiro atoms. The van der Waals surface area contributed by atoms with E-state index in [-0.39, 0.29) is 0 Å². The standard InChI is InChI=1S/C15H19NO2/c1-17-14-10-11(6-5-9-16)15(18-2)13-8-4-3-7-12(13)14/h3-4,7-8,10H,5-6,9,16H2,1-2H3. The Labute approximate surface area is 108 Å². The molecule has 0 fully saturated rings. The van der Waals surface area contributed by atoms with Gasteiger partial charge in [-0.05, 0) is 31.0 Å². The first kappa shape index (κ1) is 12.7. The molecule has 0 bridgehead atoms. The Morgan fingerprint density at radius 3 is 2.39 bits per heavy atom. The zero-order valence-electron chi connectivity index (χ0n) is 10.9. The van der Waals surface area contributed by atoms with E-state index in [1.165, 1.54) is 0 Å². The summed E-state index contributed by atoms with van der Waals surface area (Å²) in [6.07, 6.45) is 1.85. The van der Waals surface area contributed by atoms with Gasteiger partial charge in [-0.1, -0.05) is 24.3 Å². The highest BCUT2D eigenvalue weighted by Gasteiger charge is 2.12. The zero-order valence-corrected chi connectivity index (χ0v) is 10.9. The van der Waals surface area contributed by atoms with Crippen LogP contribution >= 0.6 is 0 Å². The van der Waals surface area contributed by atoms with Gasteiger partial charge in [-0.3, -0.25) is 0 Å². The Bertz CT molecular complexity index is 537. The Morgan fingerprint density at radius 2 is 1.78 bits per heavy atom. The average Bonchev–Trinajstić information content (AvgIpc) is 2.43. The third-order valence-corrected chi connectivity index (χ3v) is 3.11. The monoisotopic (exact) mass is 245 g/mol. The van der Waals surface area contributed by atoms with Crippen LogP contribution in [-0.4, -0.2) is 20.8 Å². The number of ether oxygens (including phenoxy) is 2. The molecule has 2 aromatic rings. The van der Waals surface area contributed by atoms with Gasteiger partial charge in [-0.25, -0.2) is 0 Å². The van der Waals surface area contributed by atoms with Crippen LogP contribution in [0.1, 0.15) is 12.0 Å². The van der Waals surface area contributed by atoms with E-state index in [4.69, 9.17) is 15.2 Å². The molecular formula is C15H19NO2. The summed E-state index contributed by atoms with van der Waals surface area (Å²) in [6, 6.07) is 10.2. The number of rotatable bonds is 5. The molecule has 0 unspecified atom stereocenters. The molecule has 0 aliphatic carbocycles. The van der Waals surface area contributed by atoms with E-state index in [9.17, 15) is 0 Å². The minimum absolute atomic E-state index is 0.679. The Hall–Kier alpha value is -1.74. The highest BCUT2D eigenvalue weighted by atomic mass is 16.5. The molecule has 96 valence electrons. The van der Waals surface area contributed by atoms with Crippen LogP contribution in [0.5, 0.6) is 11.5 Å². The molecule has 0 amide bonds. The summed E-state index contributed by atoms with van der Waals surface area (Å²) in [5.74, 6) is 1.82. The first-order chi connectivity index (χ1) is 8.81. The maximum atomic E-state index is 5.58. The predicted molar refractivity (Wildman–Crippen MR) is 74.4 cm³/mol. The van der Waals surface area contributed by atoms with Crippen molar-refractivity contribution in [3.8, 4) is 11.5 Å². The first-order valence-electron chi connectivity index (χ1n) is 6.14. The maximum absolute atomic E-state index is 5.58. The summed E-state index contributed by atoms with van der Waals surface area (Å²) in [6.45, 7) is 0.679. The summed E-state index contributed by atoms with van der Waals surface area (Å²) >= 11 is 0. The van der Waals surface area contributed by atoms with E-state index in [1.807, 2.05) is 18.2 Å². The lowest BCUT2D eigenvalue weighted by atomic mass is 10.0. The fraction of sp³-hybridized carbons (Fsp3) is 0.333. The van der Waals surface area contributed by atoms with E-state index in [1.54, 1.807) is 14.2 Å².